The zero-order valence-electron chi connectivity index (χ0n) is 21.6. The van der Waals surface area contributed by atoms with Gasteiger partial charge in [-0.1, -0.05) is 24.0 Å². The molecule has 0 bridgehead atoms. The number of hydrogen-bond acceptors (Lipinski definition) is 8. The van der Waals surface area contributed by atoms with E-state index >= 15 is 0 Å². The number of carbonyl (C=O) groups is 1. The van der Waals surface area contributed by atoms with Crippen molar-refractivity contribution >= 4 is 50.1 Å². The Kier molecular flexibility index (Phi) is 7.27. The molecule has 1 saturated heterocycles. The van der Waals surface area contributed by atoms with Gasteiger partial charge in [0.25, 0.3) is 0 Å². The summed E-state index contributed by atoms with van der Waals surface area (Å²) in [6, 6.07) is 14.5. The number of ether oxygens (including phenoxy) is 1. The van der Waals surface area contributed by atoms with Crippen molar-refractivity contribution in [1.29, 1.82) is 0 Å². The van der Waals surface area contributed by atoms with Crippen molar-refractivity contribution in [1.82, 2.24) is 30.4 Å². The van der Waals surface area contributed by atoms with Gasteiger partial charge < -0.3 is 15.4 Å². The summed E-state index contributed by atoms with van der Waals surface area (Å²) >= 11 is 1.50. The second kappa shape index (κ2) is 11.3. The molecular formula is C29H26FN7O2S. The molecule has 2 atom stereocenters. The molecule has 40 heavy (non-hydrogen) atoms. The Labute approximate surface area is 233 Å². The lowest BCUT2D eigenvalue weighted by Gasteiger charge is -2.10. The van der Waals surface area contributed by atoms with Crippen molar-refractivity contribution in [3.63, 3.8) is 0 Å². The average molecular weight is 556 g/mol. The number of nitrogens with zero attached hydrogens (tertiary/aromatic N) is 4. The Balaban J connectivity index is 1.16. The molecule has 0 spiro atoms. The Hall–Kier alpha value is -4.53. The van der Waals surface area contributed by atoms with Crippen LogP contribution in [0.3, 0.4) is 0 Å². The minimum Gasteiger partial charge on any atom is -0.445 e. The third-order valence-corrected chi connectivity index (χ3v) is 7.47. The average Bonchev–Trinajstić information content (AvgIpc) is 3.67. The van der Waals surface area contributed by atoms with Gasteiger partial charge in [0.1, 0.15) is 28.9 Å². The van der Waals surface area contributed by atoms with E-state index in [-0.39, 0.29) is 18.0 Å². The maximum absolute atomic E-state index is 13.6. The van der Waals surface area contributed by atoms with Gasteiger partial charge >= 0.3 is 6.09 Å². The molecule has 2 aromatic carbocycles. The Morgan fingerprint density at radius 2 is 2.17 bits per heavy atom. The molecule has 9 nitrogen and oxygen atoms in total. The van der Waals surface area contributed by atoms with E-state index in [9.17, 15) is 9.18 Å². The quantitative estimate of drug-likeness (QED) is 0.259. The van der Waals surface area contributed by atoms with E-state index in [0.717, 1.165) is 37.2 Å². The van der Waals surface area contributed by atoms with E-state index in [1.165, 1.54) is 29.8 Å². The minimum absolute atomic E-state index is 0.0538. The first-order valence-electron chi connectivity index (χ1n) is 12.9. The highest BCUT2D eigenvalue weighted by atomic mass is 32.1. The van der Waals surface area contributed by atoms with Gasteiger partial charge in [0.05, 0.1) is 34.6 Å². The zero-order valence-corrected chi connectivity index (χ0v) is 22.5. The standard InChI is InChI=1S/C29H26FN7O2S/c1-2-31-29(38)39-23-12-21(32-15-23)6-8-24-13-25-27(33-17-34-28(25)40-24)36-22-7-9-26-19(11-22)14-35-37(26)16-18-4-3-5-20(30)10-18/h3-5,7,9-11,13-14,17,21,23,32H,2,12,15-16H2,1H3,(H,31,38)(H,33,34,36)/t21-,23-/m0/s1. The molecule has 0 aliphatic carbocycles. The number of rotatable bonds is 6. The van der Waals surface area contributed by atoms with Gasteiger partial charge in [-0.15, -0.1) is 11.3 Å². The third kappa shape index (κ3) is 5.73. The molecule has 1 aliphatic rings. The van der Waals surface area contributed by atoms with Gasteiger partial charge in [-0.25, -0.2) is 19.2 Å². The summed E-state index contributed by atoms with van der Waals surface area (Å²) in [5.74, 6) is 6.91. The van der Waals surface area contributed by atoms with Crippen LogP contribution in [0.1, 0.15) is 23.8 Å². The van der Waals surface area contributed by atoms with Crippen LogP contribution in [0.2, 0.25) is 0 Å². The van der Waals surface area contributed by atoms with Crippen LogP contribution in [0.15, 0.2) is 61.1 Å². The van der Waals surface area contributed by atoms with E-state index in [0.29, 0.717) is 31.9 Å². The van der Waals surface area contributed by atoms with Gasteiger partial charge in [-0.05, 0) is 48.9 Å². The topological polar surface area (TPSA) is 106 Å². The van der Waals surface area contributed by atoms with Crippen LogP contribution < -0.4 is 16.0 Å². The van der Waals surface area contributed by atoms with Gasteiger partial charge in [0, 0.05) is 30.6 Å². The largest absolute Gasteiger partial charge is 0.445 e. The molecule has 0 unspecified atom stereocenters. The van der Waals surface area contributed by atoms with E-state index in [1.54, 1.807) is 12.3 Å². The predicted molar refractivity (Wildman–Crippen MR) is 153 cm³/mol. The number of alkyl carbamates (subject to hydrolysis) is 1. The van der Waals surface area contributed by atoms with Crippen LogP contribution in [-0.2, 0) is 11.3 Å². The van der Waals surface area contributed by atoms with Crippen LogP contribution in [0.25, 0.3) is 21.1 Å². The van der Waals surface area contributed by atoms with Crippen LogP contribution in [0.5, 0.6) is 0 Å². The number of anilines is 2. The summed E-state index contributed by atoms with van der Waals surface area (Å²) in [6.07, 6.45) is 3.39. The molecule has 1 aliphatic heterocycles. The van der Waals surface area contributed by atoms with Gasteiger partial charge in [-0.3, -0.25) is 10.00 Å². The number of amides is 1. The SMILES string of the molecule is CCNC(=O)O[C@@H]1CN[C@@H](C#Cc2cc3c(Nc4ccc5c(cnn5Cc5cccc(F)c5)c4)ncnc3s2)C1. The molecule has 11 heteroatoms. The van der Waals surface area contributed by atoms with Crippen molar-refractivity contribution in [2.45, 2.75) is 32.0 Å². The molecule has 3 N–H and O–H groups in total. The number of hydrogen-bond donors (Lipinski definition) is 3. The summed E-state index contributed by atoms with van der Waals surface area (Å²) in [6.45, 7) is 3.45. The van der Waals surface area contributed by atoms with Crippen molar-refractivity contribution in [3.8, 4) is 11.8 Å². The van der Waals surface area contributed by atoms with Crippen molar-refractivity contribution in [2.75, 3.05) is 18.4 Å². The fraction of sp³-hybridized carbons (Fsp3) is 0.241. The lowest BCUT2D eigenvalue weighted by molar-refractivity contribution is 0.107. The summed E-state index contributed by atoms with van der Waals surface area (Å²) in [7, 11) is 0. The Morgan fingerprint density at radius 1 is 1.25 bits per heavy atom. The summed E-state index contributed by atoms with van der Waals surface area (Å²) in [5.41, 5.74) is 2.67. The summed E-state index contributed by atoms with van der Waals surface area (Å²) in [5, 5.41) is 15.7. The Bertz CT molecular complexity index is 1760. The molecule has 6 rings (SSSR count). The zero-order chi connectivity index (χ0) is 27.5. The second-order valence-corrected chi connectivity index (χ2v) is 10.4. The van der Waals surface area contributed by atoms with Crippen LogP contribution in [0, 0.1) is 17.7 Å². The Morgan fingerprint density at radius 3 is 3.05 bits per heavy atom. The second-order valence-electron chi connectivity index (χ2n) is 9.41. The van der Waals surface area contributed by atoms with Crippen molar-refractivity contribution < 1.29 is 13.9 Å². The molecule has 1 amide bonds. The van der Waals surface area contributed by atoms with Gasteiger partial charge in [0.15, 0.2) is 0 Å². The van der Waals surface area contributed by atoms with Crippen LogP contribution >= 0.6 is 11.3 Å². The minimum atomic E-state index is -0.400. The van der Waals surface area contributed by atoms with E-state index in [1.807, 2.05) is 41.9 Å². The molecule has 4 heterocycles. The first kappa shape index (κ1) is 25.7. The van der Waals surface area contributed by atoms with E-state index in [4.69, 9.17) is 4.74 Å². The fourth-order valence-electron chi connectivity index (χ4n) is 4.65. The highest BCUT2D eigenvalue weighted by Gasteiger charge is 2.25. The molecule has 0 radical (unpaired) electrons. The number of thiophene rings is 1. The highest BCUT2D eigenvalue weighted by molar-refractivity contribution is 7.19. The fourth-order valence-corrected chi connectivity index (χ4v) is 5.51. The molecule has 1 fully saturated rings. The molecule has 3 aromatic heterocycles. The summed E-state index contributed by atoms with van der Waals surface area (Å²) < 4.78 is 20.8. The molecular weight excluding hydrogens is 529 g/mol. The van der Waals surface area contributed by atoms with Gasteiger partial charge in [-0.2, -0.15) is 5.10 Å². The lowest BCUT2D eigenvalue weighted by atomic mass is 10.2. The van der Waals surface area contributed by atoms with Crippen LogP contribution in [-0.4, -0.2) is 51.1 Å². The van der Waals surface area contributed by atoms with Crippen molar-refractivity contribution in [3.05, 3.63) is 77.3 Å². The third-order valence-electron chi connectivity index (χ3n) is 6.51. The van der Waals surface area contributed by atoms with Crippen LogP contribution in [0.4, 0.5) is 20.7 Å². The molecule has 202 valence electrons. The first-order valence-corrected chi connectivity index (χ1v) is 13.8. The molecule has 0 saturated carbocycles. The van der Waals surface area contributed by atoms with E-state index in [2.05, 4.69) is 42.9 Å². The maximum atomic E-state index is 13.6. The predicted octanol–water partition coefficient (Wildman–Crippen LogP) is 4.80. The van der Waals surface area contributed by atoms with Crippen molar-refractivity contribution in [2.24, 2.45) is 0 Å². The smallest absolute Gasteiger partial charge is 0.407 e. The number of halogens is 1. The normalized spacial score (nSPS) is 16.6. The number of fused-ring (bicyclic) bond motifs is 2. The number of nitrogens with one attached hydrogen (secondary N) is 3. The monoisotopic (exact) mass is 555 g/mol. The first-order chi connectivity index (χ1) is 19.5. The highest BCUT2D eigenvalue weighted by Crippen LogP contribution is 2.30. The van der Waals surface area contributed by atoms with Gasteiger partial charge in [0.2, 0.25) is 0 Å². The van der Waals surface area contributed by atoms with E-state index < -0.39 is 6.09 Å². The maximum Gasteiger partial charge on any atom is 0.407 e. The number of carbonyl (C=O) groups excluding carboxylic acids is 1. The molecule has 5 aromatic rings. The lowest BCUT2D eigenvalue weighted by Crippen LogP contribution is -2.29. The summed E-state index contributed by atoms with van der Waals surface area (Å²) in [4.78, 5) is 22.3. The number of aromatic nitrogens is 4. The number of benzene rings is 2.